The summed E-state index contributed by atoms with van der Waals surface area (Å²) in [5, 5.41) is 8.17. The van der Waals surface area contributed by atoms with Crippen molar-refractivity contribution in [3.63, 3.8) is 0 Å². The molecular formula is C18H17N3O2. The van der Waals surface area contributed by atoms with E-state index in [-0.39, 0.29) is 5.91 Å². The number of nitrogens with zero attached hydrogens (tertiary/aromatic N) is 2. The Hall–Kier alpha value is -2.66. The lowest BCUT2D eigenvalue weighted by Gasteiger charge is -2.17. The van der Waals surface area contributed by atoms with Crippen LogP contribution in [0.4, 0.5) is 5.69 Å². The Morgan fingerprint density at radius 2 is 2.13 bits per heavy atom. The molecule has 116 valence electrons. The SMILES string of the molecule is Cn1ncc2cc(NC(=O)c3ccc4c(c3)COCC4)ccc21. The molecule has 1 N–H and O–H groups in total. The van der Waals surface area contributed by atoms with E-state index < -0.39 is 0 Å². The van der Waals surface area contributed by atoms with Crippen molar-refractivity contribution in [3.05, 3.63) is 59.3 Å². The number of benzene rings is 2. The zero-order valence-corrected chi connectivity index (χ0v) is 12.9. The van der Waals surface area contributed by atoms with E-state index in [9.17, 15) is 4.79 Å². The van der Waals surface area contributed by atoms with E-state index in [1.165, 1.54) is 5.56 Å². The second-order valence-electron chi connectivity index (χ2n) is 5.78. The molecule has 0 bridgehead atoms. The summed E-state index contributed by atoms with van der Waals surface area (Å²) in [6.45, 7) is 1.34. The van der Waals surface area contributed by atoms with Crippen molar-refractivity contribution in [1.82, 2.24) is 9.78 Å². The third-order valence-corrected chi connectivity index (χ3v) is 4.25. The number of hydrogen-bond donors (Lipinski definition) is 1. The number of amides is 1. The van der Waals surface area contributed by atoms with Crippen molar-refractivity contribution in [1.29, 1.82) is 0 Å². The molecule has 0 saturated heterocycles. The van der Waals surface area contributed by atoms with E-state index in [0.717, 1.165) is 35.2 Å². The van der Waals surface area contributed by atoms with Crippen molar-refractivity contribution in [3.8, 4) is 0 Å². The van der Waals surface area contributed by atoms with Gasteiger partial charge in [0, 0.05) is 23.7 Å². The molecule has 1 aliphatic rings. The second-order valence-corrected chi connectivity index (χ2v) is 5.78. The van der Waals surface area contributed by atoms with Gasteiger partial charge in [0.1, 0.15) is 0 Å². The van der Waals surface area contributed by atoms with E-state index >= 15 is 0 Å². The maximum absolute atomic E-state index is 12.5. The number of nitrogens with one attached hydrogen (secondary N) is 1. The molecule has 2 heterocycles. The third-order valence-electron chi connectivity index (χ3n) is 4.25. The minimum Gasteiger partial charge on any atom is -0.376 e. The zero-order valence-electron chi connectivity index (χ0n) is 12.9. The average molecular weight is 307 g/mol. The van der Waals surface area contributed by atoms with Crippen LogP contribution in [0.5, 0.6) is 0 Å². The first-order valence-electron chi connectivity index (χ1n) is 7.63. The summed E-state index contributed by atoms with van der Waals surface area (Å²) in [5.41, 5.74) is 4.83. The van der Waals surface area contributed by atoms with Gasteiger partial charge in [-0.3, -0.25) is 9.48 Å². The first-order chi connectivity index (χ1) is 11.2. The molecule has 23 heavy (non-hydrogen) atoms. The van der Waals surface area contributed by atoms with Gasteiger partial charge in [-0.15, -0.1) is 0 Å². The molecule has 2 aromatic carbocycles. The number of fused-ring (bicyclic) bond motifs is 2. The molecule has 5 nitrogen and oxygen atoms in total. The standard InChI is InChI=1S/C18H17N3O2/c1-21-17-5-4-16(9-14(17)10-19-21)20-18(22)13-3-2-12-6-7-23-11-15(12)8-13/h2-5,8-10H,6-7,11H2,1H3,(H,20,22). The van der Waals surface area contributed by atoms with Gasteiger partial charge in [-0.25, -0.2) is 0 Å². The highest BCUT2D eigenvalue weighted by molar-refractivity contribution is 6.05. The van der Waals surface area contributed by atoms with E-state index in [2.05, 4.69) is 10.4 Å². The van der Waals surface area contributed by atoms with Gasteiger partial charge in [0.05, 0.1) is 24.9 Å². The Bertz CT molecular complexity index is 898. The molecule has 0 saturated carbocycles. The number of carbonyl (C=O) groups excluding carboxylic acids is 1. The monoisotopic (exact) mass is 307 g/mol. The highest BCUT2D eigenvalue weighted by Gasteiger charge is 2.13. The summed E-state index contributed by atoms with van der Waals surface area (Å²) in [4.78, 5) is 12.5. The summed E-state index contributed by atoms with van der Waals surface area (Å²) in [6, 6.07) is 11.6. The fourth-order valence-corrected chi connectivity index (χ4v) is 2.95. The van der Waals surface area contributed by atoms with Crippen molar-refractivity contribution in [2.75, 3.05) is 11.9 Å². The van der Waals surface area contributed by atoms with Gasteiger partial charge in [-0.05, 0) is 47.9 Å². The lowest BCUT2D eigenvalue weighted by atomic mass is 10.00. The normalized spacial score (nSPS) is 13.8. The number of hydrogen-bond acceptors (Lipinski definition) is 3. The molecule has 3 aromatic rings. The number of aromatic nitrogens is 2. The molecule has 0 unspecified atom stereocenters. The second kappa shape index (κ2) is 5.52. The van der Waals surface area contributed by atoms with E-state index in [1.54, 1.807) is 6.20 Å². The van der Waals surface area contributed by atoms with E-state index in [4.69, 9.17) is 4.74 Å². The molecule has 5 heteroatoms. The zero-order chi connectivity index (χ0) is 15.8. The highest BCUT2D eigenvalue weighted by atomic mass is 16.5. The summed E-state index contributed by atoms with van der Waals surface area (Å²) in [6.07, 6.45) is 2.70. The summed E-state index contributed by atoms with van der Waals surface area (Å²) < 4.78 is 7.27. The van der Waals surface area contributed by atoms with Crippen LogP contribution in [0.1, 0.15) is 21.5 Å². The Labute approximate surface area is 133 Å². The number of ether oxygens (including phenoxy) is 1. The minimum atomic E-state index is -0.110. The summed E-state index contributed by atoms with van der Waals surface area (Å²) in [7, 11) is 1.90. The van der Waals surface area contributed by atoms with Gasteiger partial charge in [-0.1, -0.05) is 6.07 Å². The fraction of sp³-hybridized carbons (Fsp3) is 0.222. The molecule has 0 spiro atoms. The third kappa shape index (κ3) is 2.59. The van der Waals surface area contributed by atoms with Crippen LogP contribution in [-0.4, -0.2) is 22.3 Å². The number of rotatable bonds is 2. The Morgan fingerprint density at radius 1 is 1.22 bits per heavy atom. The summed E-state index contributed by atoms with van der Waals surface area (Å²) >= 11 is 0. The number of aryl methyl sites for hydroxylation is 1. The predicted molar refractivity (Wildman–Crippen MR) is 88.5 cm³/mol. The Morgan fingerprint density at radius 3 is 3.04 bits per heavy atom. The van der Waals surface area contributed by atoms with Crippen LogP contribution in [0.15, 0.2) is 42.6 Å². The fourth-order valence-electron chi connectivity index (χ4n) is 2.95. The molecule has 0 radical (unpaired) electrons. The van der Waals surface area contributed by atoms with Crippen LogP contribution in [0.3, 0.4) is 0 Å². The molecule has 0 fully saturated rings. The first kappa shape index (κ1) is 14.0. The van der Waals surface area contributed by atoms with E-state index in [0.29, 0.717) is 12.2 Å². The Kier molecular flexibility index (Phi) is 3.35. The molecule has 1 aromatic heterocycles. The van der Waals surface area contributed by atoms with Crippen molar-refractivity contribution in [2.24, 2.45) is 7.05 Å². The largest absolute Gasteiger partial charge is 0.376 e. The number of anilines is 1. The van der Waals surface area contributed by atoms with Crippen LogP contribution in [0, 0.1) is 0 Å². The smallest absolute Gasteiger partial charge is 0.255 e. The molecule has 1 amide bonds. The van der Waals surface area contributed by atoms with Gasteiger partial charge >= 0.3 is 0 Å². The quantitative estimate of drug-likeness (QED) is 0.792. The van der Waals surface area contributed by atoms with Gasteiger partial charge in [0.2, 0.25) is 0 Å². The Balaban J connectivity index is 1.58. The highest BCUT2D eigenvalue weighted by Crippen LogP contribution is 2.21. The molecule has 1 aliphatic heterocycles. The molecule has 0 aliphatic carbocycles. The van der Waals surface area contributed by atoms with Crippen molar-refractivity contribution >= 4 is 22.5 Å². The average Bonchev–Trinajstić information content (AvgIpc) is 2.95. The predicted octanol–water partition coefficient (Wildman–Crippen LogP) is 2.90. The lowest BCUT2D eigenvalue weighted by molar-refractivity contribution is 0.102. The van der Waals surface area contributed by atoms with Crippen molar-refractivity contribution < 1.29 is 9.53 Å². The topological polar surface area (TPSA) is 56.2 Å². The maximum Gasteiger partial charge on any atom is 0.255 e. The molecular weight excluding hydrogens is 290 g/mol. The minimum absolute atomic E-state index is 0.110. The first-order valence-corrected chi connectivity index (χ1v) is 7.63. The summed E-state index contributed by atoms with van der Waals surface area (Å²) in [5.74, 6) is -0.110. The van der Waals surface area contributed by atoms with Gasteiger partial charge in [0.25, 0.3) is 5.91 Å². The van der Waals surface area contributed by atoms with Gasteiger partial charge in [-0.2, -0.15) is 5.10 Å². The van der Waals surface area contributed by atoms with Crippen LogP contribution in [-0.2, 0) is 24.8 Å². The van der Waals surface area contributed by atoms with Gasteiger partial charge < -0.3 is 10.1 Å². The lowest BCUT2D eigenvalue weighted by Crippen LogP contribution is -2.15. The maximum atomic E-state index is 12.5. The van der Waals surface area contributed by atoms with Crippen LogP contribution in [0.25, 0.3) is 10.9 Å². The number of carbonyl (C=O) groups is 1. The van der Waals surface area contributed by atoms with Crippen LogP contribution in [0.2, 0.25) is 0 Å². The molecule has 4 rings (SSSR count). The van der Waals surface area contributed by atoms with Crippen molar-refractivity contribution in [2.45, 2.75) is 13.0 Å². The van der Waals surface area contributed by atoms with Crippen LogP contribution < -0.4 is 5.32 Å². The molecule has 0 atom stereocenters. The van der Waals surface area contributed by atoms with Crippen LogP contribution >= 0.6 is 0 Å². The van der Waals surface area contributed by atoms with Gasteiger partial charge in [0.15, 0.2) is 0 Å². The van der Waals surface area contributed by atoms with E-state index in [1.807, 2.05) is 48.1 Å².